The van der Waals surface area contributed by atoms with E-state index < -0.39 is 61.0 Å². The molecule has 5 atom stereocenters. The largest absolute Gasteiger partial charge is 0.465 e. The van der Waals surface area contributed by atoms with Crippen LogP contribution in [0.2, 0.25) is 0 Å². The first-order chi connectivity index (χ1) is 20.9. The van der Waals surface area contributed by atoms with Crippen LogP contribution in [0, 0.1) is 16.0 Å². The van der Waals surface area contributed by atoms with Gasteiger partial charge < -0.3 is 19.1 Å². The SMILES string of the molecule is CCCCOC(=O)[C@H](CC(C)C)NP(=O)(OC[C@H]1O[C@@H](n2cc(/C=C/Br)c(=O)[nH]c2=O)CC1O)Oc1ccc([N+](=O)[O-])cc1. The quantitative estimate of drug-likeness (QED) is 0.0747. The Morgan fingerprint density at radius 3 is 2.66 bits per heavy atom. The number of hydrogen-bond donors (Lipinski definition) is 3. The van der Waals surface area contributed by atoms with Crippen molar-refractivity contribution >= 4 is 41.4 Å². The van der Waals surface area contributed by atoms with Crippen LogP contribution in [0.1, 0.15) is 58.2 Å². The van der Waals surface area contributed by atoms with E-state index in [1.165, 1.54) is 29.4 Å². The highest BCUT2D eigenvalue weighted by Crippen LogP contribution is 2.46. The number of non-ortho nitro benzene ring substituents is 1. The summed E-state index contributed by atoms with van der Waals surface area (Å²) in [5.41, 5.74) is -1.43. The number of carbonyl (C=O) groups is 1. The maximum absolute atomic E-state index is 14.1. The summed E-state index contributed by atoms with van der Waals surface area (Å²) < 4.78 is 37.8. The Hall–Kier alpha value is -3.14. The molecule has 1 aliphatic heterocycles. The van der Waals surface area contributed by atoms with E-state index in [0.29, 0.717) is 6.42 Å². The molecule has 0 radical (unpaired) electrons. The molecule has 0 saturated carbocycles. The lowest BCUT2D eigenvalue weighted by Crippen LogP contribution is -2.39. The number of aromatic amines is 1. The van der Waals surface area contributed by atoms with Gasteiger partial charge in [0.1, 0.15) is 24.1 Å². The molecule has 2 heterocycles. The van der Waals surface area contributed by atoms with E-state index in [1.807, 2.05) is 20.8 Å². The maximum Gasteiger partial charge on any atom is 0.459 e. The van der Waals surface area contributed by atoms with Gasteiger partial charge in [0, 0.05) is 24.8 Å². The van der Waals surface area contributed by atoms with Crippen molar-refractivity contribution in [3.8, 4) is 5.75 Å². The average Bonchev–Trinajstić information content (AvgIpc) is 3.33. The summed E-state index contributed by atoms with van der Waals surface area (Å²) >= 11 is 3.08. The maximum atomic E-state index is 14.1. The predicted molar refractivity (Wildman–Crippen MR) is 163 cm³/mol. The molecule has 2 aromatic rings. The minimum Gasteiger partial charge on any atom is -0.465 e. The Morgan fingerprint density at radius 2 is 2.05 bits per heavy atom. The fraction of sp³-hybridized carbons (Fsp3) is 0.519. The number of carbonyl (C=O) groups excluding carboxylic acids is 1. The van der Waals surface area contributed by atoms with Gasteiger partial charge in [-0.25, -0.2) is 9.36 Å². The number of aliphatic hydroxyl groups excluding tert-OH is 1. The van der Waals surface area contributed by atoms with Crippen molar-refractivity contribution in [1.29, 1.82) is 0 Å². The second-order valence-corrected chi connectivity index (χ2v) is 12.7. The van der Waals surface area contributed by atoms with E-state index in [-0.39, 0.29) is 42.4 Å². The first-order valence-electron chi connectivity index (χ1n) is 13.9. The molecule has 0 bridgehead atoms. The van der Waals surface area contributed by atoms with Crippen LogP contribution in [0.4, 0.5) is 5.69 Å². The van der Waals surface area contributed by atoms with Crippen molar-refractivity contribution in [1.82, 2.24) is 14.6 Å². The third kappa shape index (κ3) is 9.94. The number of unbranched alkanes of at least 4 members (excludes halogenated alkanes) is 1. The zero-order valence-corrected chi connectivity index (χ0v) is 26.9. The number of nitrogens with one attached hydrogen (secondary N) is 2. The van der Waals surface area contributed by atoms with E-state index in [4.69, 9.17) is 18.5 Å². The van der Waals surface area contributed by atoms with Crippen LogP contribution in [-0.4, -0.2) is 57.0 Å². The Bertz CT molecular complexity index is 1480. The highest BCUT2D eigenvalue weighted by molar-refractivity contribution is 9.11. The number of aromatic nitrogens is 2. The van der Waals surface area contributed by atoms with Gasteiger partial charge in [-0.1, -0.05) is 43.1 Å². The van der Waals surface area contributed by atoms with E-state index in [0.717, 1.165) is 23.1 Å². The lowest BCUT2D eigenvalue weighted by atomic mass is 10.1. The van der Waals surface area contributed by atoms with Gasteiger partial charge in [0.15, 0.2) is 0 Å². The number of nitro groups is 1. The lowest BCUT2D eigenvalue weighted by Gasteiger charge is -2.26. The minimum atomic E-state index is -4.43. The monoisotopic (exact) mass is 702 g/mol. The highest BCUT2D eigenvalue weighted by atomic mass is 79.9. The van der Waals surface area contributed by atoms with Crippen LogP contribution in [-0.2, 0) is 23.4 Å². The third-order valence-electron chi connectivity index (χ3n) is 6.48. The molecule has 1 aliphatic rings. The fourth-order valence-corrected chi connectivity index (χ4v) is 6.05. The summed E-state index contributed by atoms with van der Waals surface area (Å²) in [6.07, 6.45) is 1.05. The zero-order chi connectivity index (χ0) is 32.4. The van der Waals surface area contributed by atoms with Gasteiger partial charge in [0.25, 0.3) is 11.2 Å². The molecule has 0 aliphatic carbocycles. The van der Waals surface area contributed by atoms with Crippen molar-refractivity contribution in [2.24, 2.45) is 5.92 Å². The third-order valence-corrected chi connectivity index (χ3v) is 8.31. The van der Waals surface area contributed by atoms with Gasteiger partial charge in [0.2, 0.25) is 0 Å². The molecule has 3 rings (SSSR count). The molecule has 0 spiro atoms. The number of nitrogens with zero attached hydrogens (tertiary/aromatic N) is 2. The number of nitro benzene ring substituents is 1. The topological polar surface area (TPSA) is 201 Å². The number of esters is 1. The standard InChI is InChI=1S/C27H36BrN4O11P/c1-4-5-12-40-26(35)21(13-17(2)3)30-44(39,43-20-8-6-19(7-9-20)32(37)38)41-16-23-22(33)14-24(42-23)31-15-18(10-11-28)25(34)29-27(31)36/h6-11,15,17,21-24,33H,4-5,12-14,16H2,1-3H3,(H,30,39)(H,29,34,36)/b11-10+/t21-,22?,23+,24+,44?/m0/s1. The first-order valence-corrected chi connectivity index (χ1v) is 16.4. The molecule has 1 aromatic carbocycles. The van der Waals surface area contributed by atoms with Crippen LogP contribution in [0.25, 0.3) is 6.08 Å². The predicted octanol–water partition coefficient (Wildman–Crippen LogP) is 4.01. The van der Waals surface area contributed by atoms with Crippen molar-refractivity contribution in [2.75, 3.05) is 13.2 Å². The van der Waals surface area contributed by atoms with Gasteiger partial charge in [0.05, 0.1) is 29.8 Å². The van der Waals surface area contributed by atoms with E-state index >= 15 is 0 Å². The molecule has 2 unspecified atom stereocenters. The second-order valence-electron chi connectivity index (χ2n) is 10.4. The fourth-order valence-electron chi connectivity index (χ4n) is 4.25. The number of hydrogen-bond acceptors (Lipinski definition) is 11. The molecule has 15 nitrogen and oxygen atoms in total. The zero-order valence-electron chi connectivity index (χ0n) is 24.4. The van der Waals surface area contributed by atoms with Crippen LogP contribution < -0.4 is 20.9 Å². The molecule has 1 saturated heterocycles. The molecule has 0 amide bonds. The van der Waals surface area contributed by atoms with Gasteiger partial charge in [-0.3, -0.25) is 33.8 Å². The molecular formula is C27H36BrN4O11P. The number of rotatable bonds is 16. The Morgan fingerprint density at radius 1 is 1.34 bits per heavy atom. The first kappa shape index (κ1) is 35.3. The normalized spacial score (nSPS) is 20.5. The van der Waals surface area contributed by atoms with Crippen LogP contribution in [0.15, 0.2) is 45.0 Å². The van der Waals surface area contributed by atoms with Crippen molar-refractivity contribution in [3.05, 3.63) is 72.0 Å². The van der Waals surface area contributed by atoms with Gasteiger partial charge in [-0.2, -0.15) is 5.09 Å². The summed E-state index contributed by atoms with van der Waals surface area (Å²) in [7, 11) is -4.43. The Kier molecular flexibility index (Phi) is 13.1. The summed E-state index contributed by atoms with van der Waals surface area (Å²) in [5.74, 6) is -0.738. The van der Waals surface area contributed by atoms with Crippen molar-refractivity contribution in [2.45, 2.75) is 70.9 Å². The molecule has 1 aromatic heterocycles. The molecular weight excluding hydrogens is 667 g/mol. The Balaban J connectivity index is 1.84. The second kappa shape index (κ2) is 16.3. The van der Waals surface area contributed by atoms with E-state index in [1.54, 1.807) is 0 Å². The number of H-pyrrole nitrogens is 1. The van der Waals surface area contributed by atoms with E-state index in [9.17, 15) is 34.2 Å². The average molecular weight is 703 g/mol. The van der Waals surface area contributed by atoms with Gasteiger partial charge in [-0.05, 0) is 42.0 Å². The minimum absolute atomic E-state index is 0.0281. The van der Waals surface area contributed by atoms with Crippen molar-refractivity contribution < 1.29 is 37.9 Å². The number of aliphatic hydroxyl groups is 1. The molecule has 242 valence electrons. The molecule has 44 heavy (non-hydrogen) atoms. The van der Waals surface area contributed by atoms with Crippen LogP contribution in [0.3, 0.4) is 0 Å². The van der Waals surface area contributed by atoms with Crippen molar-refractivity contribution in [3.63, 3.8) is 0 Å². The summed E-state index contributed by atoms with van der Waals surface area (Å²) in [4.78, 5) is 51.5. The number of halogens is 1. The summed E-state index contributed by atoms with van der Waals surface area (Å²) in [6, 6.07) is 3.66. The molecule has 17 heteroatoms. The van der Waals surface area contributed by atoms with Gasteiger partial charge >= 0.3 is 19.4 Å². The summed E-state index contributed by atoms with van der Waals surface area (Å²) in [5, 5.41) is 24.4. The number of benzene rings is 1. The lowest BCUT2D eigenvalue weighted by molar-refractivity contribution is -0.384. The number of ether oxygens (including phenoxy) is 2. The van der Waals surface area contributed by atoms with E-state index in [2.05, 4.69) is 26.0 Å². The molecule has 3 N–H and O–H groups in total. The van der Waals surface area contributed by atoms with Crippen LogP contribution >= 0.6 is 23.7 Å². The summed E-state index contributed by atoms with van der Waals surface area (Å²) in [6.45, 7) is 5.32. The highest BCUT2D eigenvalue weighted by Gasteiger charge is 2.40. The molecule has 1 fully saturated rings. The van der Waals surface area contributed by atoms with Crippen LogP contribution in [0.5, 0.6) is 5.75 Å². The smallest absolute Gasteiger partial charge is 0.459 e. The Labute approximate surface area is 261 Å². The van der Waals surface area contributed by atoms with Gasteiger partial charge in [-0.15, -0.1) is 0 Å².